The standard InChI is InChI=1S/C13H20N2/c1-10-12(8-5-9-15-10)13(14)11-6-3-2-4-7-11/h5,8-9,11,13H,2-4,6-7,14H2,1H3. The van der Waals surface area contributed by atoms with Gasteiger partial charge in [0.15, 0.2) is 0 Å². The van der Waals surface area contributed by atoms with Crippen LogP contribution in [0, 0.1) is 12.8 Å². The maximum absolute atomic E-state index is 6.33. The molecule has 0 saturated heterocycles. The molecule has 0 bridgehead atoms. The predicted octanol–water partition coefficient (Wildman–Crippen LogP) is 2.97. The second kappa shape index (κ2) is 4.75. The van der Waals surface area contributed by atoms with Gasteiger partial charge in [-0.05, 0) is 37.3 Å². The number of aromatic nitrogens is 1. The summed E-state index contributed by atoms with van der Waals surface area (Å²) in [6.45, 7) is 2.05. The molecule has 1 atom stereocenters. The molecule has 2 N–H and O–H groups in total. The van der Waals surface area contributed by atoms with Crippen molar-refractivity contribution in [2.75, 3.05) is 0 Å². The van der Waals surface area contributed by atoms with Crippen molar-refractivity contribution in [2.24, 2.45) is 11.7 Å². The van der Waals surface area contributed by atoms with Crippen LogP contribution < -0.4 is 5.73 Å². The van der Waals surface area contributed by atoms with E-state index in [9.17, 15) is 0 Å². The van der Waals surface area contributed by atoms with Crippen molar-refractivity contribution in [3.8, 4) is 0 Å². The first-order valence-corrected chi connectivity index (χ1v) is 5.96. The van der Waals surface area contributed by atoms with E-state index in [1.165, 1.54) is 37.7 Å². The number of hydrogen-bond acceptors (Lipinski definition) is 2. The Hall–Kier alpha value is -0.890. The van der Waals surface area contributed by atoms with Crippen molar-refractivity contribution < 1.29 is 0 Å². The quantitative estimate of drug-likeness (QED) is 0.804. The van der Waals surface area contributed by atoms with E-state index in [0.29, 0.717) is 5.92 Å². The third-order valence-corrected chi connectivity index (χ3v) is 3.56. The number of pyridine rings is 1. The summed E-state index contributed by atoms with van der Waals surface area (Å²) in [7, 11) is 0. The van der Waals surface area contributed by atoms with Crippen LogP contribution in [0.15, 0.2) is 18.3 Å². The van der Waals surface area contributed by atoms with Gasteiger partial charge < -0.3 is 5.73 Å². The lowest BCUT2D eigenvalue weighted by Gasteiger charge is -2.28. The Kier molecular flexibility index (Phi) is 3.37. The van der Waals surface area contributed by atoms with E-state index in [0.717, 1.165) is 5.69 Å². The molecule has 1 aromatic heterocycles. The van der Waals surface area contributed by atoms with Gasteiger partial charge in [0, 0.05) is 17.9 Å². The summed E-state index contributed by atoms with van der Waals surface area (Å²) >= 11 is 0. The zero-order valence-corrected chi connectivity index (χ0v) is 9.45. The van der Waals surface area contributed by atoms with Gasteiger partial charge in [-0.25, -0.2) is 0 Å². The van der Waals surface area contributed by atoms with Gasteiger partial charge in [-0.1, -0.05) is 25.3 Å². The maximum Gasteiger partial charge on any atom is 0.0420 e. The lowest BCUT2D eigenvalue weighted by Crippen LogP contribution is -2.24. The highest BCUT2D eigenvalue weighted by Crippen LogP contribution is 2.33. The Labute approximate surface area is 91.9 Å². The van der Waals surface area contributed by atoms with Crippen molar-refractivity contribution in [2.45, 2.75) is 45.1 Å². The molecular formula is C13H20N2. The van der Waals surface area contributed by atoms with E-state index in [4.69, 9.17) is 5.73 Å². The summed E-state index contributed by atoms with van der Waals surface area (Å²) in [4.78, 5) is 4.32. The smallest absolute Gasteiger partial charge is 0.0420 e. The molecule has 2 heteroatoms. The van der Waals surface area contributed by atoms with Gasteiger partial charge in [0.2, 0.25) is 0 Å². The average molecular weight is 204 g/mol. The lowest BCUT2D eigenvalue weighted by atomic mass is 9.81. The van der Waals surface area contributed by atoms with Crippen LogP contribution in [0.2, 0.25) is 0 Å². The second-order valence-corrected chi connectivity index (χ2v) is 4.60. The third kappa shape index (κ3) is 2.37. The number of rotatable bonds is 2. The van der Waals surface area contributed by atoms with Gasteiger partial charge in [-0.15, -0.1) is 0 Å². The highest BCUT2D eigenvalue weighted by Gasteiger charge is 2.22. The first kappa shape index (κ1) is 10.6. The number of hydrogen-bond donors (Lipinski definition) is 1. The summed E-state index contributed by atoms with van der Waals surface area (Å²) in [6.07, 6.45) is 8.49. The van der Waals surface area contributed by atoms with Crippen molar-refractivity contribution in [3.05, 3.63) is 29.6 Å². The zero-order valence-electron chi connectivity index (χ0n) is 9.45. The summed E-state index contributed by atoms with van der Waals surface area (Å²) in [6, 6.07) is 4.31. The lowest BCUT2D eigenvalue weighted by molar-refractivity contribution is 0.307. The number of nitrogens with zero attached hydrogens (tertiary/aromatic N) is 1. The van der Waals surface area contributed by atoms with Crippen LogP contribution in [0.4, 0.5) is 0 Å². The minimum Gasteiger partial charge on any atom is -0.324 e. The van der Waals surface area contributed by atoms with E-state index >= 15 is 0 Å². The first-order valence-electron chi connectivity index (χ1n) is 5.96. The van der Waals surface area contributed by atoms with Gasteiger partial charge >= 0.3 is 0 Å². The molecule has 2 rings (SSSR count). The van der Waals surface area contributed by atoms with E-state index in [1.807, 2.05) is 12.3 Å². The molecule has 0 aliphatic heterocycles. The first-order chi connectivity index (χ1) is 7.29. The van der Waals surface area contributed by atoms with E-state index in [-0.39, 0.29) is 6.04 Å². The van der Waals surface area contributed by atoms with Gasteiger partial charge in [0.25, 0.3) is 0 Å². The van der Waals surface area contributed by atoms with Crippen LogP contribution in [0.5, 0.6) is 0 Å². The van der Waals surface area contributed by atoms with E-state index in [2.05, 4.69) is 18.0 Å². The minimum atomic E-state index is 0.194. The molecule has 1 saturated carbocycles. The Morgan fingerprint density at radius 1 is 1.33 bits per heavy atom. The van der Waals surface area contributed by atoms with Crippen LogP contribution >= 0.6 is 0 Å². The Balaban J connectivity index is 2.12. The molecule has 15 heavy (non-hydrogen) atoms. The van der Waals surface area contributed by atoms with Gasteiger partial charge in [0.1, 0.15) is 0 Å². The van der Waals surface area contributed by atoms with Crippen LogP contribution in [0.1, 0.15) is 49.4 Å². The molecule has 82 valence electrons. The summed E-state index contributed by atoms with van der Waals surface area (Å²) in [5, 5.41) is 0. The van der Waals surface area contributed by atoms with Crippen LogP contribution in [-0.4, -0.2) is 4.98 Å². The molecule has 0 spiro atoms. The molecule has 1 aliphatic rings. The van der Waals surface area contributed by atoms with Gasteiger partial charge in [0.05, 0.1) is 0 Å². The molecule has 0 aromatic carbocycles. The predicted molar refractivity (Wildman–Crippen MR) is 62.5 cm³/mol. The van der Waals surface area contributed by atoms with Gasteiger partial charge in [-0.2, -0.15) is 0 Å². The average Bonchev–Trinajstić information content (AvgIpc) is 2.30. The Morgan fingerprint density at radius 2 is 2.07 bits per heavy atom. The molecule has 0 radical (unpaired) electrons. The summed E-state index contributed by atoms with van der Waals surface area (Å²) in [5.74, 6) is 0.668. The Bertz CT molecular complexity index is 316. The zero-order chi connectivity index (χ0) is 10.7. The number of aryl methyl sites for hydroxylation is 1. The van der Waals surface area contributed by atoms with Crippen molar-refractivity contribution in [3.63, 3.8) is 0 Å². The van der Waals surface area contributed by atoms with Crippen LogP contribution in [0.25, 0.3) is 0 Å². The van der Waals surface area contributed by atoms with Crippen molar-refractivity contribution >= 4 is 0 Å². The van der Waals surface area contributed by atoms with Crippen LogP contribution in [0.3, 0.4) is 0 Å². The van der Waals surface area contributed by atoms with E-state index in [1.54, 1.807) is 0 Å². The van der Waals surface area contributed by atoms with E-state index < -0.39 is 0 Å². The molecule has 1 heterocycles. The molecule has 1 aliphatic carbocycles. The molecule has 2 nitrogen and oxygen atoms in total. The van der Waals surface area contributed by atoms with Crippen LogP contribution in [-0.2, 0) is 0 Å². The second-order valence-electron chi connectivity index (χ2n) is 4.60. The minimum absolute atomic E-state index is 0.194. The molecular weight excluding hydrogens is 184 g/mol. The molecule has 0 amide bonds. The third-order valence-electron chi connectivity index (χ3n) is 3.56. The topological polar surface area (TPSA) is 38.9 Å². The Morgan fingerprint density at radius 3 is 2.73 bits per heavy atom. The fraction of sp³-hybridized carbons (Fsp3) is 0.615. The maximum atomic E-state index is 6.33. The molecule has 1 unspecified atom stereocenters. The van der Waals surface area contributed by atoms with Crippen molar-refractivity contribution in [1.82, 2.24) is 4.98 Å². The summed E-state index contributed by atoms with van der Waals surface area (Å²) < 4.78 is 0. The normalized spacial score (nSPS) is 20.1. The molecule has 1 aromatic rings. The highest BCUT2D eigenvalue weighted by atomic mass is 14.7. The fourth-order valence-electron chi connectivity index (χ4n) is 2.60. The van der Waals surface area contributed by atoms with Crippen molar-refractivity contribution in [1.29, 1.82) is 0 Å². The highest BCUT2D eigenvalue weighted by molar-refractivity contribution is 5.22. The largest absolute Gasteiger partial charge is 0.324 e. The van der Waals surface area contributed by atoms with Gasteiger partial charge in [-0.3, -0.25) is 4.98 Å². The SMILES string of the molecule is Cc1ncccc1C(N)C1CCCCC1. The number of nitrogens with two attached hydrogens (primary N) is 1. The molecule has 1 fully saturated rings. The monoisotopic (exact) mass is 204 g/mol. The fourth-order valence-corrected chi connectivity index (χ4v) is 2.60. The summed E-state index contributed by atoms with van der Waals surface area (Å²) in [5.41, 5.74) is 8.66.